The summed E-state index contributed by atoms with van der Waals surface area (Å²) in [6.45, 7) is 8.61. The lowest BCUT2D eigenvalue weighted by Crippen LogP contribution is -2.44. The van der Waals surface area contributed by atoms with Crippen LogP contribution in [0.15, 0.2) is 61.8 Å². The van der Waals surface area contributed by atoms with E-state index < -0.39 is 5.92 Å². The van der Waals surface area contributed by atoms with Crippen LogP contribution in [-0.4, -0.2) is 80.1 Å². The molecule has 12 heteroatoms. The van der Waals surface area contributed by atoms with Crippen molar-refractivity contribution in [2.45, 2.75) is 18.8 Å². The smallest absolute Gasteiger partial charge is 0.248 e. The van der Waals surface area contributed by atoms with E-state index in [9.17, 15) is 8.78 Å². The third-order valence-corrected chi connectivity index (χ3v) is 8.20. The summed E-state index contributed by atoms with van der Waals surface area (Å²) >= 11 is 0. The Balaban J connectivity index is 1.06. The number of likely N-dealkylation sites (N-methyl/N-ethyl adjacent to an activating group) is 1. The first-order chi connectivity index (χ1) is 20.3. The second-order valence-corrected chi connectivity index (χ2v) is 11.3. The van der Waals surface area contributed by atoms with Gasteiger partial charge in [0.2, 0.25) is 11.9 Å². The Kier molecular flexibility index (Phi) is 6.49. The number of alkyl halides is 2. The Morgan fingerprint density at radius 3 is 2.69 bits per heavy atom. The number of halogens is 2. The highest BCUT2D eigenvalue weighted by molar-refractivity contribution is 5.94. The number of hydrogen-bond acceptors (Lipinski definition) is 8. The maximum atomic E-state index is 13.2. The van der Waals surface area contributed by atoms with Gasteiger partial charge in [0.15, 0.2) is 0 Å². The monoisotopic (exact) mass is 570 g/mol. The average Bonchev–Trinajstić information content (AvgIpc) is 3.59. The summed E-state index contributed by atoms with van der Waals surface area (Å²) in [7, 11) is 2.14. The van der Waals surface area contributed by atoms with Crippen LogP contribution < -0.4 is 15.5 Å². The molecule has 0 amide bonds. The lowest BCUT2D eigenvalue weighted by atomic mass is 9.81. The Morgan fingerprint density at radius 2 is 1.93 bits per heavy atom. The first kappa shape index (κ1) is 26.3. The number of pyridine rings is 2. The van der Waals surface area contributed by atoms with Gasteiger partial charge in [0.1, 0.15) is 11.5 Å². The average molecular weight is 571 g/mol. The molecule has 0 bridgehead atoms. The summed E-state index contributed by atoms with van der Waals surface area (Å²) in [5.41, 5.74) is 5.82. The van der Waals surface area contributed by atoms with E-state index in [4.69, 9.17) is 0 Å². The minimum Gasteiger partial charge on any atom is -0.385 e. The molecule has 0 radical (unpaired) electrons. The van der Waals surface area contributed by atoms with E-state index in [1.165, 1.54) is 0 Å². The summed E-state index contributed by atoms with van der Waals surface area (Å²) in [5, 5.41) is 11.8. The van der Waals surface area contributed by atoms with Crippen LogP contribution in [0.3, 0.4) is 0 Å². The molecule has 0 unspecified atom stereocenters. The van der Waals surface area contributed by atoms with Crippen LogP contribution in [0.4, 0.5) is 26.2 Å². The number of nitrogens with zero attached hydrogens (tertiary/aromatic N) is 7. The number of H-pyrrole nitrogens is 1. The first-order valence-corrected chi connectivity index (χ1v) is 14.1. The van der Waals surface area contributed by atoms with Crippen LogP contribution >= 0.6 is 0 Å². The lowest BCUT2D eigenvalue weighted by Gasteiger charge is -2.35. The van der Waals surface area contributed by atoms with Crippen molar-refractivity contribution in [3.05, 3.63) is 67.4 Å². The molecule has 3 N–H and O–H groups in total. The largest absolute Gasteiger partial charge is 0.385 e. The second-order valence-electron chi connectivity index (χ2n) is 11.3. The summed E-state index contributed by atoms with van der Waals surface area (Å²) in [6.07, 6.45) is 9.01. The number of aromatic nitrogens is 6. The summed E-state index contributed by atoms with van der Waals surface area (Å²) in [4.78, 5) is 21.8. The molecule has 216 valence electrons. The van der Waals surface area contributed by atoms with E-state index in [2.05, 4.69) is 59.1 Å². The van der Waals surface area contributed by atoms with Crippen LogP contribution in [0.25, 0.3) is 33.4 Å². The fourth-order valence-corrected chi connectivity index (χ4v) is 5.69. The highest BCUT2D eigenvalue weighted by Gasteiger charge is 2.44. The van der Waals surface area contributed by atoms with Gasteiger partial charge in [-0.15, -0.1) is 0 Å². The molecule has 6 heterocycles. The standard InChI is InChI=1S/C30H32F2N10/c1-19(33-14-20-12-30(31,32)13-20)23-18-37-42-6-5-21(11-26(23)42)24-16-35-28-25(24)17-36-29(39-28)38-22-3-4-27(34-15-22)41-9-7-40(2)8-10-41/h3-6,11,15-18,20,33H,1,7-10,12-14H2,2H3,(H2,35,36,38,39). The zero-order valence-corrected chi connectivity index (χ0v) is 23.3. The predicted molar refractivity (Wildman–Crippen MR) is 160 cm³/mol. The number of fused-ring (bicyclic) bond motifs is 2. The van der Waals surface area contributed by atoms with Crippen molar-refractivity contribution in [2.75, 3.05) is 50.0 Å². The third-order valence-electron chi connectivity index (χ3n) is 8.20. The predicted octanol–water partition coefficient (Wildman–Crippen LogP) is 4.77. The number of piperazine rings is 1. The molecule has 2 aliphatic rings. The van der Waals surface area contributed by atoms with Gasteiger partial charge >= 0.3 is 0 Å². The summed E-state index contributed by atoms with van der Waals surface area (Å²) in [5.74, 6) is -1.12. The van der Waals surface area contributed by atoms with Gasteiger partial charge in [0, 0.05) is 86.4 Å². The SMILES string of the molecule is C=C(NCC1CC(F)(F)C1)c1cnn2ccc(-c3c[nH]c4nc(Nc5ccc(N6CCN(C)CC6)nc5)ncc34)cc12. The van der Waals surface area contributed by atoms with Crippen molar-refractivity contribution in [1.29, 1.82) is 0 Å². The van der Waals surface area contributed by atoms with Crippen molar-refractivity contribution in [1.82, 2.24) is 39.8 Å². The van der Waals surface area contributed by atoms with Crippen molar-refractivity contribution < 1.29 is 8.78 Å². The molecule has 7 rings (SSSR count). The molecule has 1 aliphatic heterocycles. The first-order valence-electron chi connectivity index (χ1n) is 14.1. The van der Waals surface area contributed by atoms with Crippen molar-refractivity contribution in [2.24, 2.45) is 5.92 Å². The van der Waals surface area contributed by atoms with Crippen LogP contribution in [0, 0.1) is 5.92 Å². The molecule has 10 nitrogen and oxygen atoms in total. The highest BCUT2D eigenvalue weighted by atomic mass is 19.3. The van der Waals surface area contributed by atoms with E-state index in [1.54, 1.807) is 16.9 Å². The maximum Gasteiger partial charge on any atom is 0.248 e. The van der Waals surface area contributed by atoms with Gasteiger partial charge in [-0.2, -0.15) is 10.1 Å². The Hall–Kier alpha value is -4.58. The van der Waals surface area contributed by atoms with Crippen molar-refractivity contribution in [3.8, 4) is 11.1 Å². The number of nitrogens with one attached hydrogen (secondary N) is 3. The van der Waals surface area contributed by atoms with Crippen molar-refractivity contribution >= 4 is 39.7 Å². The molecule has 1 aliphatic carbocycles. The van der Waals surface area contributed by atoms with E-state index in [1.807, 2.05) is 42.9 Å². The summed E-state index contributed by atoms with van der Waals surface area (Å²) < 4.78 is 28.2. The normalized spacial score (nSPS) is 17.5. The van der Waals surface area contributed by atoms with Gasteiger partial charge in [-0.1, -0.05) is 6.58 Å². The number of anilines is 3. The molecule has 2 fully saturated rings. The summed E-state index contributed by atoms with van der Waals surface area (Å²) in [6, 6.07) is 8.04. The van der Waals surface area contributed by atoms with Crippen LogP contribution in [-0.2, 0) is 0 Å². The topological polar surface area (TPSA) is 102 Å². The van der Waals surface area contributed by atoms with Gasteiger partial charge < -0.3 is 25.4 Å². The molecule has 0 aromatic carbocycles. The molecule has 1 saturated carbocycles. The van der Waals surface area contributed by atoms with Crippen LogP contribution in [0.2, 0.25) is 0 Å². The van der Waals surface area contributed by atoms with Gasteiger partial charge in [-0.3, -0.25) is 0 Å². The molecular formula is C30H32F2N10. The molecule has 0 spiro atoms. The Morgan fingerprint density at radius 1 is 1.10 bits per heavy atom. The van der Waals surface area contributed by atoms with Crippen LogP contribution in [0.5, 0.6) is 0 Å². The van der Waals surface area contributed by atoms with Gasteiger partial charge in [-0.05, 0) is 42.8 Å². The lowest BCUT2D eigenvalue weighted by molar-refractivity contribution is -0.108. The second kappa shape index (κ2) is 10.4. The van der Waals surface area contributed by atoms with Gasteiger partial charge in [0.05, 0.1) is 23.6 Å². The van der Waals surface area contributed by atoms with Crippen molar-refractivity contribution in [3.63, 3.8) is 0 Å². The molecule has 5 aromatic heterocycles. The number of aromatic amines is 1. The molecule has 1 saturated heterocycles. The van der Waals surface area contributed by atoms with E-state index in [-0.39, 0.29) is 18.8 Å². The third kappa shape index (κ3) is 5.13. The number of rotatable bonds is 8. The number of hydrogen-bond donors (Lipinski definition) is 3. The van der Waals surface area contributed by atoms with E-state index >= 15 is 0 Å². The highest BCUT2D eigenvalue weighted by Crippen LogP contribution is 2.42. The Labute approximate surface area is 241 Å². The maximum absolute atomic E-state index is 13.2. The minimum atomic E-state index is -2.53. The fourth-order valence-electron chi connectivity index (χ4n) is 5.69. The molecule has 0 atom stereocenters. The van der Waals surface area contributed by atoms with Gasteiger partial charge in [0.25, 0.3) is 0 Å². The Bertz CT molecular complexity index is 1740. The van der Waals surface area contributed by atoms with E-state index in [0.29, 0.717) is 23.8 Å². The molecular weight excluding hydrogens is 538 g/mol. The minimum absolute atomic E-state index is 0.0440. The molecule has 5 aromatic rings. The zero-order chi connectivity index (χ0) is 28.8. The fraction of sp³-hybridized carbons (Fsp3) is 0.333. The zero-order valence-electron chi connectivity index (χ0n) is 23.3. The van der Waals surface area contributed by atoms with E-state index in [0.717, 1.165) is 65.3 Å². The van der Waals surface area contributed by atoms with Crippen LogP contribution in [0.1, 0.15) is 18.4 Å². The quantitative estimate of drug-likeness (QED) is 0.245. The molecule has 42 heavy (non-hydrogen) atoms. The van der Waals surface area contributed by atoms with Gasteiger partial charge in [-0.25, -0.2) is 23.3 Å².